The summed E-state index contributed by atoms with van der Waals surface area (Å²) in [6.07, 6.45) is 2.35. The number of halogens is 2. The van der Waals surface area contributed by atoms with Crippen LogP contribution in [0.25, 0.3) is 5.57 Å². The molecule has 1 nitrogen and oxygen atoms in total. The van der Waals surface area contributed by atoms with E-state index in [0.29, 0.717) is 6.42 Å². The SMILES string of the molecule is O=C1C=C(c2ccccc2Br)C(c2ccccc2)C(c2ccccc2Br)C1. The third kappa shape index (κ3) is 3.71. The summed E-state index contributed by atoms with van der Waals surface area (Å²) in [6, 6.07) is 26.9. The van der Waals surface area contributed by atoms with Crippen LogP contribution in [0.2, 0.25) is 0 Å². The van der Waals surface area contributed by atoms with Gasteiger partial charge in [-0.05, 0) is 40.5 Å². The van der Waals surface area contributed by atoms with Crippen molar-refractivity contribution in [2.24, 2.45) is 0 Å². The summed E-state index contributed by atoms with van der Waals surface area (Å²) < 4.78 is 2.06. The summed E-state index contributed by atoms with van der Waals surface area (Å²) in [7, 11) is 0. The zero-order valence-electron chi connectivity index (χ0n) is 14.6. The number of benzene rings is 3. The van der Waals surface area contributed by atoms with Gasteiger partial charge in [-0.3, -0.25) is 4.79 Å². The van der Waals surface area contributed by atoms with Gasteiger partial charge in [-0.15, -0.1) is 0 Å². The molecule has 1 aliphatic carbocycles. The Kier molecular flexibility index (Phi) is 5.42. The molecular formula is C24H18Br2O. The van der Waals surface area contributed by atoms with Crippen molar-refractivity contribution >= 4 is 43.2 Å². The fourth-order valence-electron chi connectivity index (χ4n) is 3.95. The first kappa shape index (κ1) is 18.4. The molecule has 0 saturated heterocycles. The minimum atomic E-state index is 0.0857. The smallest absolute Gasteiger partial charge is 0.156 e. The van der Waals surface area contributed by atoms with Gasteiger partial charge in [0.25, 0.3) is 0 Å². The van der Waals surface area contributed by atoms with E-state index < -0.39 is 0 Å². The lowest BCUT2D eigenvalue weighted by molar-refractivity contribution is -0.115. The fourth-order valence-corrected chi connectivity index (χ4v) is 5.04. The minimum Gasteiger partial charge on any atom is -0.295 e. The maximum atomic E-state index is 12.7. The molecule has 0 aliphatic heterocycles. The summed E-state index contributed by atoms with van der Waals surface area (Å²) in [6.45, 7) is 0. The maximum absolute atomic E-state index is 12.7. The Morgan fingerprint density at radius 3 is 2.07 bits per heavy atom. The molecule has 0 N–H and O–H groups in total. The third-order valence-corrected chi connectivity index (χ3v) is 6.54. The average molecular weight is 482 g/mol. The van der Waals surface area contributed by atoms with Crippen molar-refractivity contribution in [1.82, 2.24) is 0 Å². The molecule has 4 rings (SSSR count). The van der Waals surface area contributed by atoms with Crippen molar-refractivity contribution in [3.63, 3.8) is 0 Å². The number of ketones is 1. The Hall–Kier alpha value is -1.97. The Morgan fingerprint density at radius 1 is 0.741 bits per heavy atom. The molecule has 3 aromatic rings. The van der Waals surface area contributed by atoms with Crippen molar-refractivity contribution in [2.75, 3.05) is 0 Å². The standard InChI is InChI=1S/C24H18Br2O/c25-22-12-6-4-10-18(22)20-14-17(27)15-21(19-11-5-7-13-23(19)26)24(20)16-8-2-1-3-9-16/h1-14,21,24H,15H2. The van der Waals surface area contributed by atoms with Gasteiger partial charge in [0.2, 0.25) is 0 Å². The van der Waals surface area contributed by atoms with Crippen LogP contribution in [0.5, 0.6) is 0 Å². The van der Waals surface area contributed by atoms with E-state index in [-0.39, 0.29) is 17.6 Å². The first-order valence-corrected chi connectivity index (χ1v) is 10.5. The van der Waals surface area contributed by atoms with Crippen molar-refractivity contribution in [1.29, 1.82) is 0 Å². The van der Waals surface area contributed by atoms with Crippen LogP contribution in [0.1, 0.15) is 34.9 Å². The Balaban J connectivity index is 1.93. The maximum Gasteiger partial charge on any atom is 0.156 e. The molecule has 0 radical (unpaired) electrons. The van der Waals surface area contributed by atoms with Gasteiger partial charge in [-0.1, -0.05) is 98.6 Å². The normalized spacial score (nSPS) is 19.6. The molecule has 27 heavy (non-hydrogen) atoms. The van der Waals surface area contributed by atoms with Crippen molar-refractivity contribution in [2.45, 2.75) is 18.3 Å². The molecule has 0 spiro atoms. The third-order valence-electron chi connectivity index (χ3n) is 5.12. The van der Waals surface area contributed by atoms with Crippen LogP contribution in [0.4, 0.5) is 0 Å². The van der Waals surface area contributed by atoms with Crippen LogP contribution in [0.3, 0.4) is 0 Å². The van der Waals surface area contributed by atoms with E-state index in [0.717, 1.165) is 20.1 Å². The topological polar surface area (TPSA) is 17.1 Å². The number of carbonyl (C=O) groups is 1. The lowest BCUT2D eigenvalue weighted by Crippen LogP contribution is -2.22. The monoisotopic (exact) mass is 480 g/mol. The summed E-state index contributed by atoms with van der Waals surface area (Å²) in [5, 5.41) is 0. The molecule has 0 bridgehead atoms. The highest BCUT2D eigenvalue weighted by Crippen LogP contribution is 2.50. The molecule has 0 amide bonds. The predicted octanol–water partition coefficient (Wildman–Crippen LogP) is 7.14. The summed E-state index contributed by atoms with van der Waals surface area (Å²) in [5.41, 5.74) is 4.56. The zero-order chi connectivity index (χ0) is 18.8. The summed E-state index contributed by atoms with van der Waals surface area (Å²) in [5.74, 6) is 0.373. The second kappa shape index (κ2) is 7.95. The van der Waals surface area contributed by atoms with Gasteiger partial charge in [-0.2, -0.15) is 0 Å². The van der Waals surface area contributed by atoms with Crippen molar-refractivity contribution < 1.29 is 4.79 Å². The van der Waals surface area contributed by atoms with Crippen molar-refractivity contribution in [3.8, 4) is 0 Å². The molecular weight excluding hydrogens is 464 g/mol. The highest BCUT2D eigenvalue weighted by atomic mass is 79.9. The average Bonchev–Trinajstić information content (AvgIpc) is 2.69. The molecule has 2 atom stereocenters. The van der Waals surface area contributed by atoms with Crippen LogP contribution in [0, 0.1) is 0 Å². The molecule has 0 heterocycles. The Labute approximate surface area is 176 Å². The second-order valence-electron chi connectivity index (χ2n) is 6.77. The van der Waals surface area contributed by atoms with Gasteiger partial charge in [0.05, 0.1) is 0 Å². The van der Waals surface area contributed by atoms with Crippen LogP contribution in [-0.2, 0) is 4.79 Å². The number of rotatable bonds is 3. The largest absolute Gasteiger partial charge is 0.295 e. The Morgan fingerprint density at radius 2 is 1.37 bits per heavy atom. The Bertz CT molecular complexity index is 1010. The molecule has 0 aromatic heterocycles. The van der Waals surface area contributed by atoms with E-state index >= 15 is 0 Å². The van der Waals surface area contributed by atoms with Gasteiger partial charge in [0.1, 0.15) is 0 Å². The van der Waals surface area contributed by atoms with Crippen LogP contribution < -0.4 is 0 Å². The zero-order valence-corrected chi connectivity index (χ0v) is 17.8. The molecule has 1 aliphatic rings. The van der Waals surface area contributed by atoms with Gasteiger partial charge in [0.15, 0.2) is 5.78 Å². The van der Waals surface area contributed by atoms with Gasteiger partial charge < -0.3 is 0 Å². The lowest BCUT2D eigenvalue weighted by atomic mass is 9.69. The highest BCUT2D eigenvalue weighted by molar-refractivity contribution is 9.10. The van der Waals surface area contributed by atoms with E-state index in [1.807, 2.05) is 42.5 Å². The quantitative estimate of drug-likeness (QED) is 0.388. The van der Waals surface area contributed by atoms with Gasteiger partial charge in [-0.25, -0.2) is 0 Å². The number of carbonyl (C=O) groups excluding carboxylic acids is 1. The molecule has 0 saturated carbocycles. The molecule has 3 aromatic carbocycles. The van der Waals surface area contributed by atoms with Crippen LogP contribution >= 0.6 is 31.9 Å². The first-order chi connectivity index (χ1) is 13.1. The minimum absolute atomic E-state index is 0.0857. The van der Waals surface area contributed by atoms with E-state index in [2.05, 4.69) is 74.3 Å². The molecule has 2 unspecified atom stereocenters. The second-order valence-corrected chi connectivity index (χ2v) is 8.47. The predicted molar refractivity (Wildman–Crippen MR) is 118 cm³/mol. The summed E-state index contributed by atoms with van der Waals surface area (Å²) in [4.78, 5) is 12.7. The van der Waals surface area contributed by atoms with Gasteiger partial charge >= 0.3 is 0 Å². The van der Waals surface area contributed by atoms with Crippen LogP contribution in [0.15, 0.2) is 93.9 Å². The highest BCUT2D eigenvalue weighted by Gasteiger charge is 2.35. The molecule has 0 fully saturated rings. The number of allylic oxidation sites excluding steroid dienone is 2. The lowest BCUT2D eigenvalue weighted by Gasteiger charge is -2.34. The molecule has 134 valence electrons. The number of hydrogen-bond donors (Lipinski definition) is 0. The first-order valence-electron chi connectivity index (χ1n) is 8.94. The van der Waals surface area contributed by atoms with Crippen molar-refractivity contribution in [3.05, 3.63) is 111 Å². The van der Waals surface area contributed by atoms with E-state index in [9.17, 15) is 4.79 Å². The van der Waals surface area contributed by atoms with E-state index in [4.69, 9.17) is 0 Å². The van der Waals surface area contributed by atoms with Crippen LogP contribution in [-0.4, -0.2) is 5.78 Å². The fraction of sp³-hybridized carbons (Fsp3) is 0.125. The number of hydrogen-bond acceptors (Lipinski definition) is 1. The van der Waals surface area contributed by atoms with E-state index in [1.54, 1.807) is 0 Å². The summed E-state index contributed by atoms with van der Waals surface area (Å²) >= 11 is 7.38. The van der Waals surface area contributed by atoms with Gasteiger partial charge in [0, 0.05) is 27.2 Å². The van der Waals surface area contributed by atoms with E-state index in [1.165, 1.54) is 11.1 Å². The molecule has 3 heteroatoms.